The molecule has 0 aromatic carbocycles. The molecule has 2 aromatic heterocycles. The number of nitrogens with zero attached hydrogens (tertiary/aromatic N) is 4. The fraction of sp³-hybridized carbons (Fsp3) is 0.556. The minimum Gasteiger partial charge on any atom is -0.338 e. The van der Waals surface area contributed by atoms with Gasteiger partial charge in [0.15, 0.2) is 5.82 Å². The first kappa shape index (κ1) is 18.2. The SMILES string of the molecule is Cc1nc([C@@H]2CCCN(C(=O)NCCCn3c(C)cccc3=O)C2)n[nH]1. The number of urea groups is 1. The molecule has 2 N–H and O–H groups in total. The summed E-state index contributed by atoms with van der Waals surface area (Å²) in [6, 6.07) is 5.18. The van der Waals surface area contributed by atoms with E-state index in [9.17, 15) is 9.59 Å². The van der Waals surface area contributed by atoms with Crippen LogP contribution in [0.5, 0.6) is 0 Å². The van der Waals surface area contributed by atoms with Crippen molar-refractivity contribution in [2.24, 2.45) is 0 Å². The van der Waals surface area contributed by atoms with Gasteiger partial charge in [0.2, 0.25) is 0 Å². The normalized spacial score (nSPS) is 17.3. The van der Waals surface area contributed by atoms with Gasteiger partial charge in [-0.3, -0.25) is 9.89 Å². The third kappa shape index (κ3) is 4.30. The molecule has 0 saturated carbocycles. The fourth-order valence-corrected chi connectivity index (χ4v) is 3.37. The molecule has 1 aliphatic heterocycles. The maximum Gasteiger partial charge on any atom is 0.317 e. The number of carbonyl (C=O) groups excluding carboxylic acids is 1. The molecular formula is C18H26N6O2. The average Bonchev–Trinajstić information content (AvgIpc) is 3.07. The first-order chi connectivity index (χ1) is 12.5. The Balaban J connectivity index is 1.46. The molecule has 1 saturated heterocycles. The van der Waals surface area contributed by atoms with Crippen LogP contribution in [-0.2, 0) is 6.54 Å². The third-order valence-corrected chi connectivity index (χ3v) is 4.79. The fourth-order valence-electron chi connectivity index (χ4n) is 3.37. The largest absolute Gasteiger partial charge is 0.338 e. The average molecular weight is 358 g/mol. The van der Waals surface area contributed by atoms with Gasteiger partial charge in [-0.2, -0.15) is 5.10 Å². The number of likely N-dealkylation sites (tertiary alicyclic amines) is 1. The quantitative estimate of drug-likeness (QED) is 0.793. The number of amides is 2. The Bertz CT molecular complexity index is 812. The number of pyridine rings is 1. The molecule has 8 nitrogen and oxygen atoms in total. The molecule has 1 aliphatic rings. The Morgan fingerprint density at radius 1 is 1.38 bits per heavy atom. The lowest BCUT2D eigenvalue weighted by Gasteiger charge is -2.31. The van der Waals surface area contributed by atoms with Crippen LogP contribution in [0, 0.1) is 13.8 Å². The predicted octanol–water partition coefficient (Wildman–Crippen LogP) is 1.56. The van der Waals surface area contributed by atoms with Crippen LogP contribution in [0.4, 0.5) is 4.79 Å². The van der Waals surface area contributed by atoms with Gasteiger partial charge in [0.05, 0.1) is 0 Å². The van der Waals surface area contributed by atoms with Crippen molar-refractivity contribution in [3.05, 3.63) is 45.9 Å². The van der Waals surface area contributed by atoms with Crippen LogP contribution < -0.4 is 10.9 Å². The summed E-state index contributed by atoms with van der Waals surface area (Å²) < 4.78 is 1.73. The molecule has 26 heavy (non-hydrogen) atoms. The molecule has 0 radical (unpaired) electrons. The lowest BCUT2D eigenvalue weighted by molar-refractivity contribution is 0.178. The Morgan fingerprint density at radius 3 is 2.96 bits per heavy atom. The van der Waals surface area contributed by atoms with Crippen molar-refractivity contribution in [2.45, 2.75) is 45.6 Å². The lowest BCUT2D eigenvalue weighted by atomic mass is 9.98. The molecule has 0 aliphatic carbocycles. The van der Waals surface area contributed by atoms with Crippen LogP contribution in [0.15, 0.2) is 23.0 Å². The minimum atomic E-state index is -0.0564. The van der Waals surface area contributed by atoms with E-state index >= 15 is 0 Å². The van der Waals surface area contributed by atoms with Crippen LogP contribution in [0.1, 0.15) is 42.5 Å². The summed E-state index contributed by atoms with van der Waals surface area (Å²) in [6.07, 6.45) is 2.66. The van der Waals surface area contributed by atoms with Crippen molar-refractivity contribution in [3.8, 4) is 0 Å². The highest BCUT2D eigenvalue weighted by Crippen LogP contribution is 2.24. The number of aromatic amines is 1. The number of H-pyrrole nitrogens is 1. The summed E-state index contributed by atoms with van der Waals surface area (Å²) in [5, 5.41) is 10.1. The molecule has 2 amide bonds. The zero-order chi connectivity index (χ0) is 18.5. The highest BCUT2D eigenvalue weighted by atomic mass is 16.2. The highest BCUT2D eigenvalue weighted by Gasteiger charge is 2.26. The third-order valence-electron chi connectivity index (χ3n) is 4.79. The Kier molecular flexibility index (Phi) is 5.70. The van der Waals surface area contributed by atoms with Gasteiger partial charge >= 0.3 is 6.03 Å². The van der Waals surface area contributed by atoms with E-state index in [4.69, 9.17) is 0 Å². The number of carbonyl (C=O) groups is 1. The minimum absolute atomic E-state index is 0.00278. The van der Waals surface area contributed by atoms with Gasteiger partial charge < -0.3 is 14.8 Å². The topological polar surface area (TPSA) is 95.9 Å². The van der Waals surface area contributed by atoms with Gasteiger partial charge in [-0.1, -0.05) is 6.07 Å². The van der Waals surface area contributed by atoms with E-state index in [1.165, 1.54) is 0 Å². The van der Waals surface area contributed by atoms with E-state index < -0.39 is 0 Å². The standard InChI is InChI=1S/C18H26N6O2/c1-13-6-3-8-16(25)24(13)11-5-9-19-18(26)23-10-4-7-15(12-23)17-20-14(2)21-22-17/h3,6,8,15H,4-5,7,9-12H2,1-2H3,(H,19,26)(H,20,21,22)/t15-/m1/s1. The van der Waals surface area contributed by atoms with Gasteiger partial charge in [-0.25, -0.2) is 9.78 Å². The van der Waals surface area contributed by atoms with E-state index in [0.29, 0.717) is 26.1 Å². The van der Waals surface area contributed by atoms with E-state index in [-0.39, 0.29) is 17.5 Å². The van der Waals surface area contributed by atoms with Crippen LogP contribution in [-0.4, -0.2) is 50.3 Å². The number of hydrogen-bond acceptors (Lipinski definition) is 4. The molecule has 3 rings (SSSR count). The van der Waals surface area contributed by atoms with Crippen LogP contribution in [0.3, 0.4) is 0 Å². The van der Waals surface area contributed by atoms with Crippen LogP contribution in [0.2, 0.25) is 0 Å². The molecule has 2 aromatic rings. The molecule has 140 valence electrons. The molecule has 1 fully saturated rings. The maximum atomic E-state index is 12.4. The maximum absolute atomic E-state index is 12.4. The molecular weight excluding hydrogens is 332 g/mol. The summed E-state index contributed by atoms with van der Waals surface area (Å²) in [5.74, 6) is 1.77. The number of hydrogen-bond donors (Lipinski definition) is 2. The van der Waals surface area contributed by atoms with E-state index in [1.54, 1.807) is 16.7 Å². The highest BCUT2D eigenvalue weighted by molar-refractivity contribution is 5.74. The van der Waals surface area contributed by atoms with Crippen LogP contribution in [0.25, 0.3) is 0 Å². The number of aromatic nitrogens is 4. The monoisotopic (exact) mass is 358 g/mol. The molecule has 3 heterocycles. The van der Waals surface area contributed by atoms with Crippen molar-refractivity contribution < 1.29 is 4.79 Å². The first-order valence-electron chi connectivity index (χ1n) is 9.12. The smallest absolute Gasteiger partial charge is 0.317 e. The van der Waals surface area contributed by atoms with E-state index in [2.05, 4.69) is 20.5 Å². The number of rotatable bonds is 5. The summed E-state index contributed by atoms with van der Waals surface area (Å²) in [5.41, 5.74) is 0.932. The van der Waals surface area contributed by atoms with E-state index in [1.807, 2.05) is 24.8 Å². The summed E-state index contributed by atoms with van der Waals surface area (Å²) in [7, 11) is 0. The lowest BCUT2D eigenvalue weighted by Crippen LogP contribution is -2.45. The molecule has 0 spiro atoms. The predicted molar refractivity (Wildman–Crippen MR) is 98.1 cm³/mol. The molecule has 8 heteroatoms. The van der Waals surface area contributed by atoms with Crippen LogP contribution >= 0.6 is 0 Å². The van der Waals surface area contributed by atoms with Crippen molar-refractivity contribution in [3.63, 3.8) is 0 Å². The van der Waals surface area contributed by atoms with Gasteiger partial charge in [-0.05, 0) is 39.2 Å². The first-order valence-corrected chi connectivity index (χ1v) is 9.12. The zero-order valence-corrected chi connectivity index (χ0v) is 15.4. The summed E-state index contributed by atoms with van der Waals surface area (Å²) >= 11 is 0. The number of piperidine rings is 1. The van der Waals surface area contributed by atoms with E-state index in [0.717, 1.165) is 36.7 Å². The van der Waals surface area contributed by atoms with Crippen molar-refractivity contribution in [1.82, 2.24) is 30.0 Å². The van der Waals surface area contributed by atoms with Gasteiger partial charge in [0.25, 0.3) is 5.56 Å². The second-order valence-corrected chi connectivity index (χ2v) is 6.81. The zero-order valence-electron chi connectivity index (χ0n) is 15.4. The van der Waals surface area contributed by atoms with Crippen molar-refractivity contribution >= 4 is 6.03 Å². The Morgan fingerprint density at radius 2 is 2.23 bits per heavy atom. The second kappa shape index (κ2) is 8.16. The summed E-state index contributed by atoms with van der Waals surface area (Å²) in [6.45, 7) is 6.33. The molecule has 0 bridgehead atoms. The Labute approximate surface area is 152 Å². The van der Waals surface area contributed by atoms with Gasteiger partial charge in [0, 0.05) is 43.9 Å². The van der Waals surface area contributed by atoms with Crippen molar-refractivity contribution in [1.29, 1.82) is 0 Å². The summed E-state index contributed by atoms with van der Waals surface area (Å²) in [4.78, 5) is 30.5. The Hall–Kier alpha value is -2.64. The number of aryl methyl sites for hydroxylation is 2. The van der Waals surface area contributed by atoms with Gasteiger partial charge in [-0.15, -0.1) is 0 Å². The number of nitrogens with one attached hydrogen (secondary N) is 2. The molecule has 0 unspecified atom stereocenters. The van der Waals surface area contributed by atoms with Gasteiger partial charge in [0.1, 0.15) is 5.82 Å². The molecule has 1 atom stereocenters. The second-order valence-electron chi connectivity index (χ2n) is 6.81. The van der Waals surface area contributed by atoms with Crippen molar-refractivity contribution in [2.75, 3.05) is 19.6 Å².